The lowest BCUT2D eigenvalue weighted by Gasteiger charge is -2.16. The third-order valence-electron chi connectivity index (χ3n) is 4.68. The molecule has 1 aromatic heterocycles. The van der Waals surface area contributed by atoms with Crippen molar-refractivity contribution in [2.24, 2.45) is 5.11 Å². The molecule has 0 saturated carbocycles. The molecule has 130 valence electrons. The van der Waals surface area contributed by atoms with Crippen molar-refractivity contribution in [3.8, 4) is 5.69 Å². The highest BCUT2D eigenvalue weighted by Gasteiger charge is 2.52. The van der Waals surface area contributed by atoms with Crippen LogP contribution in [0.4, 0.5) is 10.5 Å². The summed E-state index contributed by atoms with van der Waals surface area (Å²) < 4.78 is 1.47. The number of carbonyl (C=O) groups excluding carboxylic acids is 2. The largest absolute Gasteiger partial charge is 0.332 e. The fourth-order valence-corrected chi connectivity index (χ4v) is 3.47. The summed E-state index contributed by atoms with van der Waals surface area (Å²) in [6.07, 6.45) is 2.12. The fraction of sp³-hybridized carbons (Fsp3) is 0.235. The summed E-state index contributed by atoms with van der Waals surface area (Å²) in [5.41, 5.74) is 9.52. The summed E-state index contributed by atoms with van der Waals surface area (Å²) in [7, 11) is 0. The molecule has 2 saturated heterocycles. The van der Waals surface area contributed by atoms with Gasteiger partial charge in [0.15, 0.2) is 0 Å². The molecule has 2 aromatic rings. The van der Waals surface area contributed by atoms with Crippen LogP contribution in [0, 0.1) is 0 Å². The lowest BCUT2D eigenvalue weighted by molar-refractivity contribution is -0.119. The second-order valence-electron chi connectivity index (χ2n) is 6.08. The van der Waals surface area contributed by atoms with Gasteiger partial charge < -0.3 is 4.90 Å². The molecule has 2 atom stereocenters. The zero-order valence-electron chi connectivity index (χ0n) is 13.6. The molecule has 3 heterocycles. The number of imide groups is 1. The highest BCUT2D eigenvalue weighted by Crippen LogP contribution is 2.33. The van der Waals surface area contributed by atoms with Gasteiger partial charge in [-0.05, 0) is 42.3 Å². The van der Waals surface area contributed by atoms with Crippen LogP contribution >= 0.6 is 0 Å². The van der Waals surface area contributed by atoms with Gasteiger partial charge >= 0.3 is 6.03 Å². The number of urea groups is 1. The molecule has 0 N–H and O–H groups in total. The van der Waals surface area contributed by atoms with Crippen molar-refractivity contribution in [3.05, 3.63) is 69.5 Å². The standard InChI is InChI=1S/C17H14N6O3/c18-20-19-13-8-10-22-15(13)16(25)23(17(22)26)12-6-4-11(5-7-12)21-9-2-1-3-14(21)24/h1-7,9,13,15H,8,10H2/t13-,15+/m1/s1. The van der Waals surface area contributed by atoms with E-state index in [1.807, 2.05) is 0 Å². The maximum absolute atomic E-state index is 12.7. The summed E-state index contributed by atoms with van der Waals surface area (Å²) in [4.78, 5) is 42.5. The molecule has 2 aliphatic rings. The molecule has 2 fully saturated rings. The number of anilines is 1. The Balaban J connectivity index is 1.65. The molecule has 9 nitrogen and oxygen atoms in total. The molecule has 0 bridgehead atoms. The Morgan fingerprint density at radius 3 is 2.46 bits per heavy atom. The van der Waals surface area contributed by atoms with Gasteiger partial charge in [0.25, 0.3) is 11.5 Å². The summed E-state index contributed by atoms with van der Waals surface area (Å²) in [5, 5.41) is 3.64. The van der Waals surface area contributed by atoms with Crippen LogP contribution in [0.1, 0.15) is 6.42 Å². The lowest BCUT2D eigenvalue weighted by atomic mass is 10.1. The molecule has 3 amide bonds. The van der Waals surface area contributed by atoms with Crippen molar-refractivity contribution in [2.75, 3.05) is 11.4 Å². The van der Waals surface area contributed by atoms with Crippen LogP contribution in [-0.2, 0) is 4.79 Å². The number of hydrogen-bond donors (Lipinski definition) is 0. The summed E-state index contributed by atoms with van der Waals surface area (Å²) in [6, 6.07) is 9.74. The van der Waals surface area contributed by atoms with E-state index >= 15 is 0 Å². The Hall–Kier alpha value is -3.58. The Morgan fingerprint density at radius 2 is 1.77 bits per heavy atom. The number of fused-ring (bicyclic) bond motifs is 1. The van der Waals surface area contributed by atoms with Crippen molar-refractivity contribution in [1.82, 2.24) is 9.47 Å². The first-order chi connectivity index (χ1) is 12.6. The number of carbonyl (C=O) groups is 2. The van der Waals surface area contributed by atoms with E-state index in [0.717, 1.165) is 4.90 Å². The van der Waals surface area contributed by atoms with E-state index in [4.69, 9.17) is 5.53 Å². The Kier molecular flexibility index (Phi) is 3.70. The monoisotopic (exact) mass is 350 g/mol. The predicted molar refractivity (Wildman–Crippen MR) is 93.0 cm³/mol. The van der Waals surface area contributed by atoms with Gasteiger partial charge in [-0.2, -0.15) is 0 Å². The highest BCUT2D eigenvalue weighted by molar-refractivity contribution is 6.21. The van der Waals surface area contributed by atoms with E-state index in [1.54, 1.807) is 42.6 Å². The second kappa shape index (κ2) is 6.05. The van der Waals surface area contributed by atoms with E-state index in [-0.39, 0.29) is 5.56 Å². The first kappa shape index (κ1) is 15.9. The molecular weight excluding hydrogens is 336 g/mol. The zero-order chi connectivity index (χ0) is 18.3. The summed E-state index contributed by atoms with van der Waals surface area (Å²) in [5.74, 6) is -0.394. The molecular formula is C17H14N6O3. The first-order valence-electron chi connectivity index (χ1n) is 8.09. The molecule has 0 unspecified atom stereocenters. The maximum Gasteiger partial charge on any atom is 0.332 e. The number of nitrogens with zero attached hydrogens (tertiary/aromatic N) is 6. The van der Waals surface area contributed by atoms with Gasteiger partial charge in [0, 0.05) is 29.4 Å². The number of aromatic nitrogens is 1. The van der Waals surface area contributed by atoms with E-state index < -0.39 is 24.0 Å². The number of hydrogen-bond acceptors (Lipinski definition) is 4. The second-order valence-corrected chi connectivity index (χ2v) is 6.08. The van der Waals surface area contributed by atoms with Gasteiger partial charge in [0.2, 0.25) is 0 Å². The highest BCUT2D eigenvalue weighted by atomic mass is 16.2. The average molecular weight is 350 g/mol. The molecule has 0 spiro atoms. The SMILES string of the molecule is [N-]=[N+]=N[C@@H]1CCN2C(=O)N(c3ccc(-n4ccccc4=O)cc3)C(=O)[C@H]12. The third kappa shape index (κ3) is 2.34. The minimum atomic E-state index is -0.741. The van der Waals surface area contributed by atoms with Crippen molar-refractivity contribution >= 4 is 17.6 Å². The van der Waals surface area contributed by atoms with Gasteiger partial charge in [-0.15, -0.1) is 0 Å². The number of azide groups is 1. The van der Waals surface area contributed by atoms with Crippen LogP contribution in [0.2, 0.25) is 0 Å². The molecule has 26 heavy (non-hydrogen) atoms. The van der Waals surface area contributed by atoms with Crippen LogP contribution in [0.15, 0.2) is 58.6 Å². The van der Waals surface area contributed by atoms with Gasteiger partial charge in [-0.1, -0.05) is 11.2 Å². The lowest BCUT2D eigenvalue weighted by Crippen LogP contribution is -2.35. The molecule has 9 heteroatoms. The Labute approximate surface area is 147 Å². The van der Waals surface area contributed by atoms with Crippen molar-refractivity contribution in [2.45, 2.75) is 18.5 Å². The number of benzene rings is 1. The molecule has 1 aromatic carbocycles. The van der Waals surface area contributed by atoms with Gasteiger partial charge in [-0.3, -0.25) is 14.2 Å². The predicted octanol–water partition coefficient (Wildman–Crippen LogP) is 2.06. The number of pyridine rings is 1. The normalized spacial score (nSPS) is 21.7. The first-order valence-corrected chi connectivity index (χ1v) is 8.09. The van der Waals surface area contributed by atoms with Crippen LogP contribution in [0.3, 0.4) is 0 Å². The van der Waals surface area contributed by atoms with Crippen LogP contribution < -0.4 is 10.5 Å². The fourth-order valence-electron chi connectivity index (χ4n) is 3.47. The Bertz CT molecular complexity index is 992. The van der Waals surface area contributed by atoms with Crippen molar-refractivity contribution in [1.29, 1.82) is 0 Å². The average Bonchev–Trinajstić information content (AvgIpc) is 3.17. The molecule has 4 rings (SSSR count). The van der Waals surface area contributed by atoms with E-state index in [9.17, 15) is 14.4 Å². The van der Waals surface area contributed by atoms with E-state index in [2.05, 4.69) is 10.0 Å². The minimum Gasteiger partial charge on any atom is -0.311 e. The molecule has 0 radical (unpaired) electrons. The van der Waals surface area contributed by atoms with E-state index in [0.29, 0.717) is 24.3 Å². The topological polar surface area (TPSA) is 111 Å². The molecule has 0 aliphatic carbocycles. The molecule has 2 aliphatic heterocycles. The minimum absolute atomic E-state index is 0.175. The van der Waals surface area contributed by atoms with Crippen LogP contribution in [0.25, 0.3) is 16.1 Å². The quantitative estimate of drug-likeness (QED) is 0.365. The van der Waals surface area contributed by atoms with Gasteiger partial charge in [0.05, 0.1) is 11.7 Å². The van der Waals surface area contributed by atoms with E-state index in [1.165, 1.54) is 15.5 Å². The van der Waals surface area contributed by atoms with Crippen LogP contribution in [-0.4, -0.2) is 40.0 Å². The number of amides is 3. The zero-order valence-corrected chi connectivity index (χ0v) is 13.6. The smallest absolute Gasteiger partial charge is 0.311 e. The maximum atomic E-state index is 12.7. The van der Waals surface area contributed by atoms with Crippen molar-refractivity contribution < 1.29 is 9.59 Å². The summed E-state index contributed by atoms with van der Waals surface area (Å²) in [6.45, 7) is 0.382. The third-order valence-corrected chi connectivity index (χ3v) is 4.68. The Morgan fingerprint density at radius 1 is 1.04 bits per heavy atom. The van der Waals surface area contributed by atoms with Crippen LogP contribution in [0.5, 0.6) is 0 Å². The van der Waals surface area contributed by atoms with Gasteiger partial charge in [0.1, 0.15) is 6.04 Å². The number of rotatable bonds is 3. The van der Waals surface area contributed by atoms with Gasteiger partial charge in [-0.25, -0.2) is 9.69 Å². The van der Waals surface area contributed by atoms with Crippen molar-refractivity contribution in [3.63, 3.8) is 0 Å². The summed E-state index contributed by atoms with van der Waals surface area (Å²) >= 11 is 0.